The second kappa shape index (κ2) is 15.2. The average molecular weight is 802 g/mol. The fourth-order valence-corrected chi connectivity index (χ4v) is 9.63. The van der Waals surface area contributed by atoms with Crippen molar-refractivity contribution in [2.45, 2.75) is 23.6 Å². The van der Waals surface area contributed by atoms with Gasteiger partial charge in [-0.1, -0.05) is 145 Å². The molecule has 1 aliphatic rings. The highest BCUT2D eigenvalue weighted by Gasteiger charge is 2.26. The molecule has 0 aliphatic carbocycles. The van der Waals surface area contributed by atoms with Gasteiger partial charge < -0.3 is 9.47 Å². The molecule has 0 amide bonds. The number of anilines is 3. The predicted octanol–water partition coefficient (Wildman–Crippen LogP) is 14.9. The van der Waals surface area contributed by atoms with Gasteiger partial charge in [-0.05, 0) is 103 Å². The van der Waals surface area contributed by atoms with Crippen LogP contribution in [0.5, 0.6) is 0 Å². The van der Waals surface area contributed by atoms with Crippen LogP contribution in [-0.4, -0.2) is 19.5 Å². The summed E-state index contributed by atoms with van der Waals surface area (Å²) in [6.07, 6.45) is 4.39. The summed E-state index contributed by atoms with van der Waals surface area (Å²) in [7, 11) is 0. The summed E-state index contributed by atoms with van der Waals surface area (Å²) < 4.78 is 2.39. The summed E-state index contributed by atoms with van der Waals surface area (Å²) in [6, 6.07) is 66.6. The Morgan fingerprint density at radius 3 is 1.75 bits per heavy atom. The van der Waals surface area contributed by atoms with E-state index in [1.165, 1.54) is 54.2 Å². The third-order valence-corrected chi connectivity index (χ3v) is 12.6. The van der Waals surface area contributed by atoms with E-state index in [0.717, 1.165) is 39.1 Å². The van der Waals surface area contributed by atoms with Crippen LogP contribution in [0.25, 0.3) is 78.9 Å². The van der Waals surface area contributed by atoms with Crippen molar-refractivity contribution in [3.05, 3.63) is 205 Å². The van der Waals surface area contributed by atoms with E-state index in [1.807, 2.05) is 72.4 Å². The first-order valence-electron chi connectivity index (χ1n) is 20.6. The molecule has 290 valence electrons. The third kappa shape index (κ3) is 6.49. The molecule has 0 N–H and O–H groups in total. The molecule has 8 aromatic carbocycles. The molecule has 3 heterocycles. The lowest BCUT2D eigenvalue weighted by molar-refractivity contribution is 1.07. The molecular formula is C55H39N5S. The molecule has 2 aromatic heterocycles. The van der Waals surface area contributed by atoms with Gasteiger partial charge in [0.15, 0.2) is 17.5 Å². The van der Waals surface area contributed by atoms with Crippen LogP contribution in [0.3, 0.4) is 0 Å². The number of hydrogen-bond acceptors (Lipinski definition) is 5. The molecule has 0 bridgehead atoms. The van der Waals surface area contributed by atoms with Crippen molar-refractivity contribution in [1.29, 1.82) is 0 Å². The maximum Gasteiger partial charge on any atom is 0.164 e. The number of rotatable bonds is 7. The van der Waals surface area contributed by atoms with Crippen LogP contribution in [0.15, 0.2) is 204 Å². The van der Waals surface area contributed by atoms with E-state index >= 15 is 0 Å². The van der Waals surface area contributed by atoms with E-state index in [9.17, 15) is 0 Å². The van der Waals surface area contributed by atoms with Crippen molar-refractivity contribution in [1.82, 2.24) is 19.5 Å². The van der Waals surface area contributed by atoms with Gasteiger partial charge in [0.2, 0.25) is 0 Å². The first-order valence-corrected chi connectivity index (χ1v) is 21.4. The lowest BCUT2D eigenvalue weighted by atomic mass is 9.98. The second-order valence-electron chi connectivity index (χ2n) is 15.3. The van der Waals surface area contributed by atoms with Crippen LogP contribution in [0, 0.1) is 6.92 Å². The number of aromatic nitrogens is 4. The largest absolute Gasteiger partial charge is 0.309 e. The Bertz CT molecular complexity index is 3240. The zero-order valence-corrected chi connectivity index (χ0v) is 34.5. The van der Waals surface area contributed by atoms with Gasteiger partial charge >= 0.3 is 0 Å². The van der Waals surface area contributed by atoms with Crippen LogP contribution in [0.4, 0.5) is 17.1 Å². The number of nitrogens with zero attached hydrogens (tertiary/aromatic N) is 5. The maximum atomic E-state index is 5.06. The highest BCUT2D eigenvalue weighted by Crippen LogP contribution is 2.52. The molecule has 0 fully saturated rings. The minimum atomic E-state index is 0.626. The molecule has 0 spiro atoms. The number of aryl methyl sites for hydroxylation is 1. The lowest BCUT2D eigenvalue weighted by Crippen LogP contribution is -2.14. The number of benzene rings is 8. The van der Waals surface area contributed by atoms with Gasteiger partial charge in [-0.2, -0.15) is 0 Å². The molecule has 1 aliphatic heterocycles. The molecule has 0 unspecified atom stereocenters. The average Bonchev–Trinajstić information content (AvgIpc) is 3.66. The minimum Gasteiger partial charge on any atom is -0.309 e. The van der Waals surface area contributed by atoms with Gasteiger partial charge in [0, 0.05) is 48.6 Å². The summed E-state index contributed by atoms with van der Waals surface area (Å²) >= 11 is 1.83. The summed E-state index contributed by atoms with van der Waals surface area (Å²) in [6.45, 7) is 4.30. The quantitative estimate of drug-likeness (QED) is 0.161. The highest BCUT2D eigenvalue weighted by atomic mass is 32.2. The second-order valence-corrected chi connectivity index (χ2v) is 16.4. The highest BCUT2D eigenvalue weighted by molar-refractivity contribution is 7.99. The first kappa shape index (κ1) is 36.5. The SMILES string of the molecule is C/C=C\c1c(C)ccc2c1c1cc(-c3ccc4c(c3)N(c3ccccc3)c3ccccc3S4)ccc1n2-c1cccc(-c2nc(-c3ccccc3)nc(-c3ccccc3)n2)c1. The van der Waals surface area contributed by atoms with Crippen LogP contribution in [-0.2, 0) is 0 Å². The third-order valence-electron chi connectivity index (χ3n) is 11.5. The Hall–Kier alpha value is -7.54. The van der Waals surface area contributed by atoms with Crippen molar-refractivity contribution in [3.63, 3.8) is 0 Å². The zero-order valence-electron chi connectivity index (χ0n) is 33.7. The van der Waals surface area contributed by atoms with E-state index in [1.54, 1.807) is 0 Å². The van der Waals surface area contributed by atoms with Gasteiger partial charge in [0.05, 0.1) is 22.4 Å². The normalized spacial score (nSPS) is 12.3. The fourth-order valence-electron chi connectivity index (χ4n) is 8.59. The number of fused-ring (bicyclic) bond motifs is 5. The van der Waals surface area contributed by atoms with Crippen LogP contribution < -0.4 is 4.90 Å². The summed E-state index contributed by atoms with van der Waals surface area (Å²) in [5, 5.41) is 2.43. The molecule has 0 radical (unpaired) electrons. The van der Waals surface area contributed by atoms with Gasteiger partial charge in [-0.3, -0.25) is 0 Å². The van der Waals surface area contributed by atoms with Crippen LogP contribution in [0.2, 0.25) is 0 Å². The monoisotopic (exact) mass is 801 g/mol. The molecule has 0 saturated carbocycles. The molecule has 10 aromatic rings. The van der Waals surface area contributed by atoms with Crippen molar-refractivity contribution >= 4 is 56.7 Å². The summed E-state index contributed by atoms with van der Waals surface area (Å²) in [5.74, 6) is 1.91. The maximum absolute atomic E-state index is 5.06. The van der Waals surface area contributed by atoms with E-state index in [4.69, 9.17) is 15.0 Å². The van der Waals surface area contributed by atoms with Gasteiger partial charge in [0.1, 0.15) is 0 Å². The Balaban J connectivity index is 1.08. The zero-order chi connectivity index (χ0) is 40.9. The topological polar surface area (TPSA) is 46.8 Å². The summed E-state index contributed by atoms with van der Waals surface area (Å²) in [5.41, 5.74) is 14.4. The molecular weight excluding hydrogens is 763 g/mol. The molecule has 61 heavy (non-hydrogen) atoms. The van der Waals surface area contributed by atoms with Crippen molar-refractivity contribution < 1.29 is 0 Å². The Morgan fingerprint density at radius 1 is 0.459 bits per heavy atom. The molecule has 0 saturated heterocycles. The van der Waals surface area contributed by atoms with Crippen LogP contribution >= 0.6 is 11.8 Å². The first-order chi connectivity index (χ1) is 30.1. The molecule has 6 heteroatoms. The number of allylic oxidation sites excluding steroid dienone is 1. The predicted molar refractivity (Wildman–Crippen MR) is 254 cm³/mol. The van der Waals surface area contributed by atoms with Crippen molar-refractivity contribution in [2.75, 3.05) is 4.90 Å². The van der Waals surface area contributed by atoms with Crippen LogP contribution in [0.1, 0.15) is 18.1 Å². The minimum absolute atomic E-state index is 0.626. The summed E-state index contributed by atoms with van der Waals surface area (Å²) in [4.78, 5) is 19.9. The standard InChI is InChI=1S/C55H39N5S/c1-3-16-44-36(2)27-30-48-52(44)45-34-39(40-29-32-51-49(35-40)59(42-22-11-6-12-23-42)47-25-13-14-26-50(47)61-51)28-31-46(45)60(48)43-24-15-21-41(33-43)55-57-53(37-17-7-4-8-18-37)56-54(58-55)38-19-9-5-10-20-38/h3-35H,1-2H3/b16-3-. The van der Waals surface area contributed by atoms with E-state index in [2.05, 4.69) is 163 Å². The van der Waals surface area contributed by atoms with Gasteiger partial charge in [-0.25, -0.2) is 15.0 Å². The van der Waals surface area contributed by atoms with Gasteiger partial charge in [-0.15, -0.1) is 0 Å². The van der Waals surface area contributed by atoms with Crippen molar-refractivity contribution in [3.8, 4) is 51.0 Å². The van der Waals surface area contributed by atoms with Gasteiger partial charge in [0.25, 0.3) is 0 Å². The van der Waals surface area contributed by atoms with E-state index in [0.29, 0.717) is 17.5 Å². The Labute approximate surface area is 359 Å². The molecule has 0 atom stereocenters. The smallest absolute Gasteiger partial charge is 0.164 e. The number of para-hydroxylation sites is 2. The Morgan fingerprint density at radius 2 is 1.03 bits per heavy atom. The van der Waals surface area contributed by atoms with E-state index < -0.39 is 0 Å². The molecule has 11 rings (SSSR count). The number of hydrogen-bond donors (Lipinski definition) is 0. The molecule has 5 nitrogen and oxygen atoms in total. The fraction of sp³-hybridized carbons (Fsp3) is 0.0364. The van der Waals surface area contributed by atoms with Crippen molar-refractivity contribution in [2.24, 2.45) is 0 Å². The lowest BCUT2D eigenvalue weighted by Gasteiger charge is -2.33. The Kier molecular flexibility index (Phi) is 9.13. The van der Waals surface area contributed by atoms with E-state index in [-0.39, 0.29) is 0 Å².